The molecule has 18 heavy (non-hydrogen) atoms. The van der Waals surface area contributed by atoms with E-state index in [4.69, 9.17) is 10.5 Å². The van der Waals surface area contributed by atoms with Crippen LogP contribution in [0.4, 0.5) is 0 Å². The molecule has 1 heterocycles. The highest BCUT2D eigenvalue weighted by Crippen LogP contribution is 2.15. The Morgan fingerprint density at radius 1 is 1.50 bits per heavy atom. The van der Waals surface area contributed by atoms with E-state index < -0.39 is 0 Å². The smallest absolute Gasteiger partial charge is 0.0596 e. The maximum absolute atomic E-state index is 5.53. The van der Waals surface area contributed by atoms with Gasteiger partial charge >= 0.3 is 0 Å². The number of ether oxygens (including phenoxy) is 1. The van der Waals surface area contributed by atoms with Crippen molar-refractivity contribution in [1.29, 1.82) is 0 Å². The van der Waals surface area contributed by atoms with Crippen molar-refractivity contribution >= 4 is 11.3 Å². The first-order valence-electron chi connectivity index (χ1n) is 6.18. The lowest BCUT2D eigenvalue weighted by Gasteiger charge is -2.16. The molecule has 4 heteroatoms. The van der Waals surface area contributed by atoms with Crippen molar-refractivity contribution in [3.8, 4) is 11.8 Å². The van der Waals surface area contributed by atoms with Gasteiger partial charge in [0.25, 0.3) is 0 Å². The van der Waals surface area contributed by atoms with Crippen LogP contribution in [0.2, 0.25) is 0 Å². The standard InChI is InChI=1S/C14H22N2OS/c1-12(2)17-8-7-16(3)10-14-9-13(11-18-14)5-4-6-15/h9,11-12H,6-8,10,15H2,1-3H3. The highest BCUT2D eigenvalue weighted by Gasteiger charge is 2.03. The summed E-state index contributed by atoms with van der Waals surface area (Å²) in [6, 6.07) is 2.13. The predicted octanol–water partition coefficient (Wildman–Crippen LogP) is 1.92. The summed E-state index contributed by atoms with van der Waals surface area (Å²) in [5.74, 6) is 5.92. The van der Waals surface area contributed by atoms with Crippen molar-refractivity contribution in [2.45, 2.75) is 26.5 Å². The highest BCUT2D eigenvalue weighted by molar-refractivity contribution is 7.10. The Bertz CT molecular complexity index is 403. The number of thiophene rings is 1. The fraction of sp³-hybridized carbons (Fsp3) is 0.571. The van der Waals surface area contributed by atoms with E-state index in [-0.39, 0.29) is 0 Å². The Labute approximate surface area is 114 Å². The molecule has 0 saturated carbocycles. The maximum atomic E-state index is 5.53. The highest BCUT2D eigenvalue weighted by atomic mass is 32.1. The van der Waals surface area contributed by atoms with Crippen molar-refractivity contribution < 1.29 is 4.74 Å². The molecule has 1 rings (SSSR count). The van der Waals surface area contributed by atoms with Gasteiger partial charge in [-0.05, 0) is 27.0 Å². The van der Waals surface area contributed by atoms with Crippen LogP contribution in [0.15, 0.2) is 11.4 Å². The van der Waals surface area contributed by atoms with Gasteiger partial charge in [0.05, 0.1) is 19.3 Å². The van der Waals surface area contributed by atoms with Crippen LogP contribution in [0.1, 0.15) is 24.3 Å². The third-order valence-electron chi connectivity index (χ3n) is 2.34. The van der Waals surface area contributed by atoms with Crippen molar-refractivity contribution in [3.05, 3.63) is 21.9 Å². The van der Waals surface area contributed by atoms with E-state index in [0.717, 1.165) is 25.3 Å². The molecule has 0 aliphatic heterocycles. The van der Waals surface area contributed by atoms with Crippen LogP contribution in [0.5, 0.6) is 0 Å². The molecule has 0 spiro atoms. The number of hydrogen-bond acceptors (Lipinski definition) is 4. The molecule has 0 fully saturated rings. The van der Waals surface area contributed by atoms with E-state index in [0.29, 0.717) is 12.6 Å². The number of nitrogens with two attached hydrogens (primary N) is 1. The number of rotatable bonds is 6. The first-order chi connectivity index (χ1) is 8.61. The van der Waals surface area contributed by atoms with Crippen LogP contribution >= 0.6 is 11.3 Å². The second-order valence-electron chi connectivity index (χ2n) is 4.46. The molecular formula is C14H22N2OS. The van der Waals surface area contributed by atoms with Crippen LogP contribution in [0.3, 0.4) is 0 Å². The van der Waals surface area contributed by atoms with Crippen LogP contribution < -0.4 is 5.73 Å². The molecule has 0 aliphatic carbocycles. The van der Waals surface area contributed by atoms with Gasteiger partial charge in [-0.25, -0.2) is 0 Å². The predicted molar refractivity (Wildman–Crippen MR) is 77.7 cm³/mol. The molecule has 0 aromatic carbocycles. The topological polar surface area (TPSA) is 38.5 Å². The minimum absolute atomic E-state index is 0.304. The summed E-state index contributed by atoms with van der Waals surface area (Å²) in [7, 11) is 2.11. The van der Waals surface area contributed by atoms with Crippen molar-refractivity contribution in [2.75, 3.05) is 26.7 Å². The van der Waals surface area contributed by atoms with Crippen LogP contribution in [0, 0.1) is 11.8 Å². The maximum Gasteiger partial charge on any atom is 0.0596 e. The fourth-order valence-corrected chi connectivity index (χ4v) is 2.37. The second kappa shape index (κ2) is 8.28. The van der Waals surface area contributed by atoms with Crippen LogP contribution in [-0.4, -0.2) is 37.7 Å². The third kappa shape index (κ3) is 6.18. The molecule has 0 saturated heterocycles. The Morgan fingerprint density at radius 2 is 2.28 bits per heavy atom. The monoisotopic (exact) mass is 266 g/mol. The molecular weight excluding hydrogens is 244 g/mol. The van der Waals surface area contributed by atoms with Crippen LogP contribution in [0.25, 0.3) is 0 Å². The van der Waals surface area contributed by atoms with Crippen LogP contribution in [-0.2, 0) is 11.3 Å². The normalized spacial score (nSPS) is 10.8. The van der Waals surface area contributed by atoms with Crippen molar-refractivity contribution in [2.24, 2.45) is 5.73 Å². The lowest BCUT2D eigenvalue weighted by atomic mass is 10.3. The lowest BCUT2D eigenvalue weighted by Crippen LogP contribution is -2.23. The zero-order valence-electron chi connectivity index (χ0n) is 11.4. The van der Waals surface area contributed by atoms with Gasteiger partial charge in [-0.15, -0.1) is 11.3 Å². The minimum Gasteiger partial charge on any atom is -0.377 e. The molecule has 0 bridgehead atoms. The molecule has 0 unspecified atom stereocenters. The third-order valence-corrected chi connectivity index (χ3v) is 3.26. The molecule has 1 aromatic heterocycles. The van der Waals surface area contributed by atoms with Crippen molar-refractivity contribution in [1.82, 2.24) is 4.90 Å². The molecule has 100 valence electrons. The zero-order chi connectivity index (χ0) is 13.4. The Balaban J connectivity index is 2.35. The first-order valence-corrected chi connectivity index (χ1v) is 7.06. The van der Waals surface area contributed by atoms with Gasteiger partial charge in [0.2, 0.25) is 0 Å². The summed E-state index contributed by atoms with van der Waals surface area (Å²) in [6.07, 6.45) is 0.304. The van der Waals surface area contributed by atoms with Gasteiger partial charge in [-0.3, -0.25) is 4.90 Å². The van der Waals surface area contributed by atoms with Gasteiger partial charge in [0.15, 0.2) is 0 Å². The van der Waals surface area contributed by atoms with E-state index >= 15 is 0 Å². The zero-order valence-corrected chi connectivity index (χ0v) is 12.2. The molecule has 0 amide bonds. The average Bonchev–Trinajstić information content (AvgIpc) is 2.73. The second-order valence-corrected chi connectivity index (χ2v) is 5.46. The molecule has 3 nitrogen and oxygen atoms in total. The summed E-state index contributed by atoms with van der Waals surface area (Å²) in [6.45, 7) is 7.19. The van der Waals surface area contributed by atoms with E-state index in [2.05, 4.69) is 49.1 Å². The minimum atomic E-state index is 0.304. The van der Waals surface area contributed by atoms with E-state index in [1.54, 1.807) is 11.3 Å². The lowest BCUT2D eigenvalue weighted by molar-refractivity contribution is 0.0628. The van der Waals surface area contributed by atoms with Gasteiger partial charge in [-0.1, -0.05) is 11.8 Å². The van der Waals surface area contributed by atoms with Crippen molar-refractivity contribution in [3.63, 3.8) is 0 Å². The summed E-state index contributed by atoms with van der Waals surface area (Å²) in [5, 5.41) is 2.08. The Morgan fingerprint density at radius 3 is 2.94 bits per heavy atom. The molecule has 1 aromatic rings. The fourth-order valence-electron chi connectivity index (χ4n) is 1.47. The van der Waals surface area contributed by atoms with Gasteiger partial charge in [0, 0.05) is 28.9 Å². The summed E-state index contributed by atoms with van der Waals surface area (Å²) in [5.41, 5.74) is 6.41. The number of likely N-dealkylation sites (N-methyl/N-ethyl adjacent to an activating group) is 1. The van der Waals surface area contributed by atoms with Gasteiger partial charge in [-0.2, -0.15) is 0 Å². The SMILES string of the molecule is CC(C)OCCN(C)Cc1cc(C#CCN)cs1. The Kier molecular flexibility index (Phi) is 6.99. The Hall–Kier alpha value is -0.860. The molecule has 0 aliphatic rings. The van der Waals surface area contributed by atoms with E-state index in [1.165, 1.54) is 4.88 Å². The number of hydrogen-bond donors (Lipinski definition) is 1. The molecule has 2 N–H and O–H groups in total. The quantitative estimate of drug-likeness (QED) is 0.799. The van der Waals surface area contributed by atoms with E-state index in [9.17, 15) is 0 Å². The average molecular weight is 266 g/mol. The summed E-state index contributed by atoms with van der Waals surface area (Å²) >= 11 is 1.74. The largest absolute Gasteiger partial charge is 0.377 e. The molecule has 0 atom stereocenters. The number of nitrogens with zero attached hydrogens (tertiary/aromatic N) is 1. The summed E-state index contributed by atoms with van der Waals surface area (Å²) in [4.78, 5) is 3.58. The van der Waals surface area contributed by atoms with Gasteiger partial charge < -0.3 is 10.5 Å². The summed E-state index contributed by atoms with van der Waals surface area (Å²) < 4.78 is 5.53. The van der Waals surface area contributed by atoms with E-state index in [1.807, 2.05) is 0 Å². The molecule has 0 radical (unpaired) electrons. The first kappa shape index (κ1) is 15.2. The van der Waals surface area contributed by atoms with Gasteiger partial charge in [0.1, 0.15) is 0 Å².